The lowest BCUT2D eigenvalue weighted by atomic mass is 10.1. The highest BCUT2D eigenvalue weighted by Crippen LogP contribution is 2.19. The highest BCUT2D eigenvalue weighted by molar-refractivity contribution is 7.10. The Balaban J connectivity index is 2.04. The largest absolute Gasteiger partial charge is 0.355 e. The summed E-state index contributed by atoms with van der Waals surface area (Å²) in [6.07, 6.45) is 0. The van der Waals surface area contributed by atoms with E-state index < -0.39 is 0 Å². The first-order chi connectivity index (χ1) is 8.72. The monoisotopic (exact) mass is 267 g/mol. The van der Waals surface area contributed by atoms with Crippen LogP contribution in [-0.2, 0) is 11.3 Å². The van der Waals surface area contributed by atoms with E-state index in [0.717, 1.165) is 26.2 Å². The lowest BCUT2D eigenvalue weighted by molar-refractivity contribution is -0.127. The van der Waals surface area contributed by atoms with Crippen molar-refractivity contribution in [3.05, 3.63) is 21.9 Å². The van der Waals surface area contributed by atoms with Crippen molar-refractivity contribution >= 4 is 17.2 Å². The van der Waals surface area contributed by atoms with Crippen LogP contribution in [0.15, 0.2) is 11.4 Å². The number of thiophene rings is 1. The number of nitrogens with zero attached hydrogens (tertiary/aromatic N) is 1. The Hall–Kier alpha value is -0.910. The Labute approximate surface area is 112 Å². The van der Waals surface area contributed by atoms with Crippen LogP contribution in [0.4, 0.5) is 0 Å². The van der Waals surface area contributed by atoms with E-state index in [9.17, 15) is 4.79 Å². The second-order valence-corrected chi connectivity index (χ2v) is 5.61. The SMILES string of the molecule is CCNC(=O)C1CNCCN1Cc1sccc1C. The van der Waals surface area contributed by atoms with E-state index in [1.807, 2.05) is 6.92 Å². The number of amides is 1. The topological polar surface area (TPSA) is 44.4 Å². The molecule has 1 fully saturated rings. The third-order valence-electron chi connectivity index (χ3n) is 3.32. The maximum atomic E-state index is 12.0. The summed E-state index contributed by atoms with van der Waals surface area (Å²) in [6, 6.07) is 2.10. The summed E-state index contributed by atoms with van der Waals surface area (Å²) in [7, 11) is 0. The van der Waals surface area contributed by atoms with Crippen molar-refractivity contribution in [3.63, 3.8) is 0 Å². The van der Waals surface area contributed by atoms with Crippen LogP contribution in [0.2, 0.25) is 0 Å². The first-order valence-corrected chi connectivity index (χ1v) is 7.35. The van der Waals surface area contributed by atoms with E-state index >= 15 is 0 Å². The summed E-state index contributed by atoms with van der Waals surface area (Å²) < 4.78 is 0. The van der Waals surface area contributed by atoms with Gasteiger partial charge in [-0.1, -0.05) is 0 Å². The van der Waals surface area contributed by atoms with E-state index in [1.165, 1.54) is 10.4 Å². The van der Waals surface area contributed by atoms with Gasteiger partial charge in [-0.2, -0.15) is 0 Å². The number of rotatable bonds is 4. The Bertz CT molecular complexity index is 405. The van der Waals surface area contributed by atoms with E-state index in [2.05, 4.69) is 33.9 Å². The number of carbonyl (C=O) groups is 1. The first kappa shape index (κ1) is 13.5. The molecule has 1 aromatic rings. The van der Waals surface area contributed by atoms with Crippen molar-refractivity contribution < 1.29 is 4.79 Å². The van der Waals surface area contributed by atoms with Crippen LogP contribution < -0.4 is 10.6 Å². The van der Waals surface area contributed by atoms with Gasteiger partial charge in [0.1, 0.15) is 6.04 Å². The highest BCUT2D eigenvalue weighted by Gasteiger charge is 2.28. The minimum absolute atomic E-state index is 0.0415. The van der Waals surface area contributed by atoms with E-state index in [4.69, 9.17) is 0 Å². The molecule has 0 aliphatic carbocycles. The minimum atomic E-state index is -0.0415. The van der Waals surface area contributed by atoms with Gasteiger partial charge in [0, 0.05) is 37.6 Å². The van der Waals surface area contributed by atoms with Gasteiger partial charge in [0.05, 0.1) is 0 Å². The van der Waals surface area contributed by atoms with Gasteiger partial charge < -0.3 is 10.6 Å². The molecule has 1 unspecified atom stereocenters. The van der Waals surface area contributed by atoms with Crippen molar-refractivity contribution in [2.45, 2.75) is 26.4 Å². The average molecular weight is 267 g/mol. The molecule has 5 heteroatoms. The quantitative estimate of drug-likeness (QED) is 0.854. The van der Waals surface area contributed by atoms with Crippen LogP contribution in [0, 0.1) is 6.92 Å². The van der Waals surface area contributed by atoms with Crippen molar-refractivity contribution in [2.75, 3.05) is 26.2 Å². The van der Waals surface area contributed by atoms with E-state index in [-0.39, 0.29) is 11.9 Å². The molecule has 100 valence electrons. The first-order valence-electron chi connectivity index (χ1n) is 6.47. The fraction of sp³-hybridized carbons (Fsp3) is 0.615. The molecule has 18 heavy (non-hydrogen) atoms. The van der Waals surface area contributed by atoms with Gasteiger partial charge in [0.25, 0.3) is 0 Å². The van der Waals surface area contributed by atoms with Gasteiger partial charge in [-0.05, 0) is 30.9 Å². The van der Waals surface area contributed by atoms with Crippen LogP contribution in [0.25, 0.3) is 0 Å². The minimum Gasteiger partial charge on any atom is -0.355 e. The molecule has 0 spiro atoms. The normalized spacial score (nSPS) is 20.9. The Kier molecular flexibility index (Phi) is 4.74. The van der Waals surface area contributed by atoms with Crippen molar-refractivity contribution in [2.24, 2.45) is 0 Å². The summed E-state index contributed by atoms with van der Waals surface area (Å²) in [5, 5.41) is 8.34. The number of piperazine rings is 1. The predicted molar refractivity (Wildman–Crippen MR) is 74.8 cm³/mol. The summed E-state index contributed by atoms with van der Waals surface area (Å²) in [5.74, 6) is 0.138. The molecule has 0 bridgehead atoms. The van der Waals surface area contributed by atoms with Gasteiger partial charge in [0.2, 0.25) is 5.91 Å². The molecule has 2 heterocycles. The summed E-state index contributed by atoms with van der Waals surface area (Å²) >= 11 is 1.78. The molecule has 1 saturated heterocycles. The van der Waals surface area contributed by atoms with E-state index in [0.29, 0.717) is 6.54 Å². The maximum absolute atomic E-state index is 12.0. The van der Waals surface area contributed by atoms with Gasteiger partial charge in [-0.3, -0.25) is 9.69 Å². The molecule has 2 N–H and O–H groups in total. The average Bonchev–Trinajstić information content (AvgIpc) is 2.76. The molecule has 1 aromatic heterocycles. The molecule has 4 nitrogen and oxygen atoms in total. The Morgan fingerprint density at radius 2 is 2.50 bits per heavy atom. The number of likely N-dealkylation sites (N-methyl/N-ethyl adjacent to an activating group) is 1. The number of hydrogen-bond donors (Lipinski definition) is 2. The fourth-order valence-corrected chi connectivity index (χ4v) is 3.17. The Morgan fingerprint density at radius 3 is 3.17 bits per heavy atom. The molecule has 0 aromatic carbocycles. The van der Waals surface area contributed by atoms with Crippen LogP contribution >= 0.6 is 11.3 Å². The van der Waals surface area contributed by atoms with Crippen molar-refractivity contribution in [1.82, 2.24) is 15.5 Å². The molecule has 2 rings (SSSR count). The number of hydrogen-bond acceptors (Lipinski definition) is 4. The number of nitrogens with one attached hydrogen (secondary N) is 2. The second kappa shape index (κ2) is 6.31. The van der Waals surface area contributed by atoms with Crippen LogP contribution in [0.1, 0.15) is 17.4 Å². The van der Waals surface area contributed by atoms with Gasteiger partial charge in [0.15, 0.2) is 0 Å². The smallest absolute Gasteiger partial charge is 0.238 e. The van der Waals surface area contributed by atoms with Crippen LogP contribution in [-0.4, -0.2) is 43.0 Å². The molecule has 0 radical (unpaired) electrons. The second-order valence-electron chi connectivity index (χ2n) is 4.61. The zero-order valence-corrected chi connectivity index (χ0v) is 11.8. The Morgan fingerprint density at radius 1 is 1.67 bits per heavy atom. The summed E-state index contributed by atoms with van der Waals surface area (Å²) in [5.41, 5.74) is 1.33. The molecular weight excluding hydrogens is 246 g/mol. The zero-order chi connectivity index (χ0) is 13.0. The molecule has 0 saturated carbocycles. The highest BCUT2D eigenvalue weighted by atomic mass is 32.1. The molecule has 1 aliphatic rings. The number of aryl methyl sites for hydroxylation is 1. The van der Waals surface area contributed by atoms with Crippen molar-refractivity contribution in [3.8, 4) is 0 Å². The summed E-state index contributed by atoms with van der Waals surface area (Å²) in [6.45, 7) is 8.31. The van der Waals surface area contributed by atoms with Crippen LogP contribution in [0.3, 0.4) is 0 Å². The lowest BCUT2D eigenvalue weighted by Gasteiger charge is -2.34. The third-order valence-corrected chi connectivity index (χ3v) is 4.33. The molecule has 1 atom stereocenters. The maximum Gasteiger partial charge on any atom is 0.238 e. The third kappa shape index (κ3) is 3.10. The standard InChI is InChI=1S/C13H21N3OS/c1-3-15-13(17)11-8-14-5-6-16(11)9-12-10(2)4-7-18-12/h4,7,11,14H,3,5-6,8-9H2,1-2H3,(H,15,17). The molecule has 1 amide bonds. The predicted octanol–water partition coefficient (Wildman–Crippen LogP) is 0.966. The molecular formula is C13H21N3OS. The van der Waals surface area contributed by atoms with Crippen molar-refractivity contribution in [1.29, 1.82) is 0 Å². The van der Waals surface area contributed by atoms with Gasteiger partial charge in [-0.15, -0.1) is 11.3 Å². The van der Waals surface area contributed by atoms with Gasteiger partial charge in [-0.25, -0.2) is 0 Å². The molecule has 1 aliphatic heterocycles. The van der Waals surface area contributed by atoms with Gasteiger partial charge >= 0.3 is 0 Å². The van der Waals surface area contributed by atoms with E-state index in [1.54, 1.807) is 11.3 Å². The number of carbonyl (C=O) groups excluding carboxylic acids is 1. The lowest BCUT2D eigenvalue weighted by Crippen LogP contribution is -2.57. The zero-order valence-electron chi connectivity index (χ0n) is 11.0. The fourth-order valence-electron chi connectivity index (χ4n) is 2.24. The summed E-state index contributed by atoms with van der Waals surface area (Å²) in [4.78, 5) is 15.7. The van der Waals surface area contributed by atoms with Crippen LogP contribution in [0.5, 0.6) is 0 Å².